The van der Waals surface area contributed by atoms with E-state index in [1.54, 1.807) is 0 Å². The highest BCUT2D eigenvalue weighted by atomic mass is 16.5. The minimum atomic E-state index is -0.286. The maximum Gasteiger partial charge on any atom is 0.119 e. The lowest BCUT2D eigenvalue weighted by molar-refractivity contribution is 0.136. The van der Waals surface area contributed by atoms with E-state index in [1.165, 1.54) is 5.56 Å². The highest BCUT2D eigenvalue weighted by Crippen LogP contribution is 2.19. The maximum atomic E-state index is 9.51. The van der Waals surface area contributed by atoms with E-state index in [0.29, 0.717) is 18.6 Å². The molecule has 1 unspecified atom stereocenters. The van der Waals surface area contributed by atoms with E-state index in [1.807, 2.05) is 19.1 Å². The fourth-order valence-corrected chi connectivity index (χ4v) is 2.24. The second-order valence-corrected chi connectivity index (χ2v) is 6.34. The second-order valence-electron chi connectivity index (χ2n) is 6.34. The third-order valence-electron chi connectivity index (χ3n) is 3.46. The van der Waals surface area contributed by atoms with Crippen LogP contribution in [0.1, 0.15) is 52.5 Å². The molecule has 20 heavy (non-hydrogen) atoms. The molecule has 3 nitrogen and oxygen atoms in total. The highest BCUT2D eigenvalue weighted by Gasteiger charge is 2.23. The molecule has 1 atom stereocenters. The van der Waals surface area contributed by atoms with Crippen molar-refractivity contribution in [2.45, 2.75) is 58.5 Å². The molecular formula is C17H29NO2. The van der Waals surface area contributed by atoms with Crippen LogP contribution >= 0.6 is 0 Å². The van der Waals surface area contributed by atoms with Crippen LogP contribution in [0, 0.1) is 0 Å². The quantitative estimate of drug-likeness (QED) is 0.767. The third-order valence-corrected chi connectivity index (χ3v) is 3.46. The van der Waals surface area contributed by atoms with Crippen LogP contribution in [0.25, 0.3) is 0 Å². The van der Waals surface area contributed by atoms with Gasteiger partial charge in [-0.3, -0.25) is 0 Å². The molecule has 0 amide bonds. The van der Waals surface area contributed by atoms with E-state index in [-0.39, 0.29) is 12.1 Å². The highest BCUT2D eigenvalue weighted by molar-refractivity contribution is 5.28. The monoisotopic (exact) mass is 279 g/mol. The van der Waals surface area contributed by atoms with Crippen molar-refractivity contribution in [2.75, 3.05) is 13.2 Å². The average Bonchev–Trinajstić information content (AvgIpc) is 2.38. The van der Waals surface area contributed by atoms with Gasteiger partial charge in [-0.15, -0.1) is 0 Å². The lowest BCUT2D eigenvalue weighted by atomic mass is 9.98. The first kappa shape index (κ1) is 17.0. The minimum Gasteiger partial charge on any atom is -0.494 e. The summed E-state index contributed by atoms with van der Waals surface area (Å²) in [5.74, 6) is 1.43. The first-order valence-corrected chi connectivity index (χ1v) is 7.47. The van der Waals surface area contributed by atoms with Gasteiger partial charge in [-0.05, 0) is 30.5 Å². The molecule has 0 aliphatic rings. The zero-order valence-electron chi connectivity index (χ0n) is 13.4. The summed E-state index contributed by atoms with van der Waals surface area (Å²) < 4.78 is 5.77. The first-order valence-electron chi connectivity index (χ1n) is 7.47. The van der Waals surface area contributed by atoms with Gasteiger partial charge >= 0.3 is 0 Å². The van der Waals surface area contributed by atoms with Gasteiger partial charge in [0.2, 0.25) is 0 Å². The van der Waals surface area contributed by atoms with Crippen LogP contribution < -0.4 is 10.1 Å². The standard InChI is InChI=1S/C17H29NO2/c1-13(2)15-6-8-16(9-7-15)20-11-10-17(5,12-19)18-14(3)4/h6-9,13-14,18-19H,10-12H2,1-5H3. The normalized spacial score (nSPS) is 14.6. The molecule has 1 aromatic carbocycles. The van der Waals surface area contributed by atoms with Crippen LogP contribution in [0.3, 0.4) is 0 Å². The molecule has 1 rings (SSSR count). The predicted octanol–water partition coefficient (Wildman–Crippen LogP) is 3.33. The number of nitrogens with one attached hydrogen (secondary N) is 1. The van der Waals surface area contributed by atoms with Crippen LogP contribution in [0.5, 0.6) is 5.75 Å². The number of rotatable bonds is 8. The van der Waals surface area contributed by atoms with Gasteiger partial charge in [-0.2, -0.15) is 0 Å². The molecule has 0 spiro atoms. The van der Waals surface area contributed by atoms with Crippen molar-refractivity contribution in [1.82, 2.24) is 5.32 Å². The number of hydrogen-bond donors (Lipinski definition) is 2. The molecule has 0 fully saturated rings. The molecular weight excluding hydrogens is 250 g/mol. The smallest absolute Gasteiger partial charge is 0.119 e. The van der Waals surface area contributed by atoms with E-state index < -0.39 is 0 Å². The van der Waals surface area contributed by atoms with Gasteiger partial charge in [0.15, 0.2) is 0 Å². The van der Waals surface area contributed by atoms with Crippen molar-refractivity contribution in [2.24, 2.45) is 0 Å². The van der Waals surface area contributed by atoms with Crippen LogP contribution in [-0.2, 0) is 0 Å². The maximum absolute atomic E-state index is 9.51. The fourth-order valence-electron chi connectivity index (χ4n) is 2.24. The summed E-state index contributed by atoms with van der Waals surface area (Å²) in [7, 11) is 0. The average molecular weight is 279 g/mol. The minimum absolute atomic E-state index is 0.112. The number of aliphatic hydroxyl groups is 1. The zero-order chi connectivity index (χ0) is 15.2. The topological polar surface area (TPSA) is 41.5 Å². The number of aliphatic hydroxyl groups excluding tert-OH is 1. The van der Waals surface area contributed by atoms with Crippen molar-refractivity contribution in [3.8, 4) is 5.75 Å². The zero-order valence-corrected chi connectivity index (χ0v) is 13.4. The van der Waals surface area contributed by atoms with Crippen molar-refractivity contribution in [3.05, 3.63) is 29.8 Å². The van der Waals surface area contributed by atoms with E-state index in [2.05, 4.69) is 45.1 Å². The molecule has 0 saturated carbocycles. The summed E-state index contributed by atoms with van der Waals surface area (Å²) >= 11 is 0. The van der Waals surface area contributed by atoms with Crippen molar-refractivity contribution >= 4 is 0 Å². The van der Waals surface area contributed by atoms with Crippen LogP contribution in [-0.4, -0.2) is 29.9 Å². The summed E-state index contributed by atoms with van der Waals surface area (Å²) in [6.45, 7) is 11.3. The molecule has 114 valence electrons. The Morgan fingerprint density at radius 2 is 1.75 bits per heavy atom. The Morgan fingerprint density at radius 3 is 2.20 bits per heavy atom. The lowest BCUT2D eigenvalue weighted by Gasteiger charge is -2.31. The van der Waals surface area contributed by atoms with Gasteiger partial charge < -0.3 is 15.2 Å². The van der Waals surface area contributed by atoms with Gasteiger partial charge in [-0.25, -0.2) is 0 Å². The van der Waals surface area contributed by atoms with Crippen molar-refractivity contribution < 1.29 is 9.84 Å². The molecule has 2 N–H and O–H groups in total. The number of benzene rings is 1. The Morgan fingerprint density at radius 1 is 1.15 bits per heavy atom. The van der Waals surface area contributed by atoms with E-state index >= 15 is 0 Å². The van der Waals surface area contributed by atoms with Crippen LogP contribution in [0.2, 0.25) is 0 Å². The molecule has 0 bridgehead atoms. The third kappa shape index (κ3) is 5.51. The van der Waals surface area contributed by atoms with E-state index in [9.17, 15) is 5.11 Å². The summed E-state index contributed by atoms with van der Waals surface area (Å²) in [5, 5.41) is 12.9. The van der Waals surface area contributed by atoms with Gasteiger partial charge in [-0.1, -0.05) is 39.8 Å². The molecule has 3 heteroatoms. The SMILES string of the molecule is CC(C)NC(C)(CO)CCOc1ccc(C(C)C)cc1. The summed E-state index contributed by atoms with van der Waals surface area (Å²) in [4.78, 5) is 0. The largest absolute Gasteiger partial charge is 0.494 e. The fraction of sp³-hybridized carbons (Fsp3) is 0.647. The summed E-state index contributed by atoms with van der Waals surface area (Å²) in [5.41, 5.74) is 1.03. The Balaban J connectivity index is 2.46. The van der Waals surface area contributed by atoms with Crippen LogP contribution in [0.15, 0.2) is 24.3 Å². The summed E-state index contributed by atoms with van der Waals surface area (Å²) in [6, 6.07) is 8.59. The van der Waals surface area contributed by atoms with Gasteiger partial charge in [0.05, 0.1) is 13.2 Å². The predicted molar refractivity (Wildman–Crippen MR) is 84.4 cm³/mol. The van der Waals surface area contributed by atoms with Gasteiger partial charge in [0.25, 0.3) is 0 Å². The van der Waals surface area contributed by atoms with Gasteiger partial charge in [0, 0.05) is 18.0 Å². The molecule has 0 aliphatic carbocycles. The van der Waals surface area contributed by atoms with E-state index in [0.717, 1.165) is 12.2 Å². The van der Waals surface area contributed by atoms with E-state index in [4.69, 9.17) is 4.74 Å². The molecule has 0 heterocycles. The molecule has 0 aliphatic heterocycles. The number of hydrogen-bond acceptors (Lipinski definition) is 3. The molecule has 0 radical (unpaired) electrons. The van der Waals surface area contributed by atoms with Crippen molar-refractivity contribution in [3.63, 3.8) is 0 Å². The molecule has 1 aromatic rings. The Labute approximate surface area is 123 Å². The Hall–Kier alpha value is -1.06. The first-order chi connectivity index (χ1) is 9.36. The van der Waals surface area contributed by atoms with Gasteiger partial charge in [0.1, 0.15) is 5.75 Å². The second kappa shape index (κ2) is 7.65. The summed E-state index contributed by atoms with van der Waals surface area (Å²) in [6.07, 6.45) is 0.771. The Kier molecular flexibility index (Phi) is 6.50. The molecule has 0 saturated heterocycles. The van der Waals surface area contributed by atoms with Crippen molar-refractivity contribution in [1.29, 1.82) is 0 Å². The molecule has 0 aromatic heterocycles. The lowest BCUT2D eigenvalue weighted by Crippen LogP contribution is -2.49. The van der Waals surface area contributed by atoms with Crippen LogP contribution in [0.4, 0.5) is 0 Å². The number of ether oxygens (including phenoxy) is 1. The Bertz CT molecular complexity index is 386.